The molecule has 0 radical (unpaired) electrons. The van der Waals surface area contributed by atoms with Crippen LogP contribution in [-0.2, 0) is 4.79 Å². The van der Waals surface area contributed by atoms with Gasteiger partial charge in [0.05, 0.1) is 5.71 Å². The molecule has 0 aromatic carbocycles. The molecule has 60 valence electrons. The summed E-state index contributed by atoms with van der Waals surface area (Å²) in [5, 5.41) is 7.50. The van der Waals surface area contributed by atoms with Gasteiger partial charge < -0.3 is 5.73 Å². The lowest BCUT2D eigenvalue weighted by Crippen LogP contribution is -2.25. The maximum absolute atomic E-state index is 10.8. The van der Waals surface area contributed by atoms with E-state index in [0.29, 0.717) is 0 Å². The fourth-order valence-electron chi connectivity index (χ4n) is 1.20. The molecule has 1 aliphatic carbocycles. The van der Waals surface area contributed by atoms with Crippen LogP contribution >= 0.6 is 0 Å². The van der Waals surface area contributed by atoms with Gasteiger partial charge in [0.1, 0.15) is 0 Å². The first-order chi connectivity index (χ1) is 5.79. The first kappa shape index (κ1) is 6.97. The molecule has 0 aromatic heterocycles. The van der Waals surface area contributed by atoms with Crippen molar-refractivity contribution in [2.45, 2.75) is 6.42 Å². The SMILES string of the molecule is NC(=O)C1=NN=C2C=CCC=C21. The Labute approximate surface area is 69.2 Å². The van der Waals surface area contributed by atoms with Crippen LogP contribution in [0.1, 0.15) is 6.42 Å². The van der Waals surface area contributed by atoms with Crippen molar-refractivity contribution in [2.24, 2.45) is 15.9 Å². The first-order valence-corrected chi connectivity index (χ1v) is 3.62. The molecule has 0 aromatic rings. The number of fused-ring (bicyclic) bond motifs is 1. The van der Waals surface area contributed by atoms with E-state index in [0.717, 1.165) is 17.7 Å². The molecule has 1 aliphatic heterocycles. The van der Waals surface area contributed by atoms with Crippen LogP contribution in [-0.4, -0.2) is 17.3 Å². The number of primary amides is 1. The number of nitrogens with two attached hydrogens (primary N) is 1. The number of amides is 1. The number of nitrogens with zero attached hydrogens (tertiary/aromatic N) is 2. The van der Waals surface area contributed by atoms with Crippen molar-refractivity contribution in [3.63, 3.8) is 0 Å². The minimum atomic E-state index is -0.518. The molecular formula is C8H7N3O. The summed E-state index contributed by atoms with van der Waals surface area (Å²) in [6.07, 6.45) is 6.51. The number of carbonyl (C=O) groups is 1. The lowest BCUT2D eigenvalue weighted by atomic mass is 10.00. The number of allylic oxidation sites excluding steroid dienone is 3. The van der Waals surface area contributed by atoms with E-state index in [1.165, 1.54) is 0 Å². The third-order valence-electron chi connectivity index (χ3n) is 1.76. The molecule has 1 heterocycles. The van der Waals surface area contributed by atoms with E-state index >= 15 is 0 Å². The lowest BCUT2D eigenvalue weighted by Gasteiger charge is -2.02. The van der Waals surface area contributed by atoms with Gasteiger partial charge in [-0.25, -0.2) is 0 Å². The molecule has 0 unspecified atom stereocenters. The van der Waals surface area contributed by atoms with E-state index in [2.05, 4.69) is 10.2 Å². The highest BCUT2D eigenvalue weighted by Crippen LogP contribution is 2.16. The van der Waals surface area contributed by atoms with Gasteiger partial charge >= 0.3 is 0 Å². The van der Waals surface area contributed by atoms with Crippen LogP contribution < -0.4 is 5.73 Å². The lowest BCUT2D eigenvalue weighted by molar-refractivity contribution is -0.111. The Bertz CT molecular complexity index is 360. The zero-order valence-corrected chi connectivity index (χ0v) is 6.32. The van der Waals surface area contributed by atoms with Crippen LogP contribution in [0, 0.1) is 0 Å². The molecule has 2 rings (SSSR count). The van der Waals surface area contributed by atoms with Crippen molar-refractivity contribution < 1.29 is 4.79 Å². The quantitative estimate of drug-likeness (QED) is 0.585. The molecule has 1 amide bonds. The van der Waals surface area contributed by atoms with E-state index in [9.17, 15) is 4.79 Å². The Balaban J connectivity index is 2.38. The zero-order chi connectivity index (χ0) is 8.55. The number of carbonyl (C=O) groups excluding carboxylic acids is 1. The second-order valence-electron chi connectivity index (χ2n) is 2.55. The average Bonchev–Trinajstić information content (AvgIpc) is 2.47. The topological polar surface area (TPSA) is 67.8 Å². The molecule has 12 heavy (non-hydrogen) atoms. The summed E-state index contributed by atoms with van der Waals surface area (Å²) in [5.74, 6) is -0.518. The summed E-state index contributed by atoms with van der Waals surface area (Å²) in [4.78, 5) is 10.8. The van der Waals surface area contributed by atoms with Gasteiger partial charge in [0, 0.05) is 5.57 Å². The second kappa shape index (κ2) is 2.41. The Hall–Kier alpha value is -1.71. The fraction of sp³-hybridized carbons (Fsp3) is 0.125. The molecule has 0 saturated carbocycles. The maximum atomic E-state index is 10.8. The smallest absolute Gasteiger partial charge is 0.269 e. The van der Waals surface area contributed by atoms with Gasteiger partial charge in [-0.2, -0.15) is 0 Å². The normalized spacial score (nSPS) is 19.5. The maximum Gasteiger partial charge on any atom is 0.269 e. The Morgan fingerprint density at radius 2 is 2.33 bits per heavy atom. The van der Waals surface area contributed by atoms with Crippen LogP contribution in [0.2, 0.25) is 0 Å². The second-order valence-corrected chi connectivity index (χ2v) is 2.55. The third kappa shape index (κ3) is 0.887. The van der Waals surface area contributed by atoms with Crippen molar-refractivity contribution in [1.82, 2.24) is 0 Å². The Morgan fingerprint density at radius 3 is 3.08 bits per heavy atom. The molecule has 2 aliphatic rings. The van der Waals surface area contributed by atoms with Crippen molar-refractivity contribution >= 4 is 17.3 Å². The van der Waals surface area contributed by atoms with Gasteiger partial charge in [-0.05, 0) is 12.5 Å². The van der Waals surface area contributed by atoms with Crippen molar-refractivity contribution in [3.8, 4) is 0 Å². The van der Waals surface area contributed by atoms with Crippen LogP contribution in [0.5, 0.6) is 0 Å². The average molecular weight is 161 g/mol. The molecule has 0 fully saturated rings. The molecule has 0 saturated heterocycles. The predicted octanol–water partition coefficient (Wildman–Crippen LogP) is 0.169. The summed E-state index contributed by atoms with van der Waals surface area (Å²) in [5.41, 5.74) is 6.87. The summed E-state index contributed by atoms with van der Waals surface area (Å²) in [6, 6.07) is 0. The van der Waals surface area contributed by atoms with Gasteiger partial charge in [0.25, 0.3) is 5.91 Å². The summed E-state index contributed by atoms with van der Waals surface area (Å²) >= 11 is 0. The third-order valence-corrected chi connectivity index (χ3v) is 1.76. The Morgan fingerprint density at radius 1 is 1.50 bits per heavy atom. The minimum absolute atomic E-state index is 0.273. The fourth-order valence-corrected chi connectivity index (χ4v) is 1.20. The number of hydrogen-bond donors (Lipinski definition) is 1. The van der Waals surface area contributed by atoms with E-state index in [1.807, 2.05) is 18.2 Å². The zero-order valence-electron chi connectivity index (χ0n) is 6.32. The molecular weight excluding hydrogens is 154 g/mol. The van der Waals surface area contributed by atoms with Gasteiger partial charge in [-0.15, -0.1) is 10.2 Å². The van der Waals surface area contributed by atoms with Crippen LogP contribution in [0.3, 0.4) is 0 Å². The largest absolute Gasteiger partial charge is 0.364 e. The monoisotopic (exact) mass is 161 g/mol. The standard InChI is InChI=1S/C8H7N3O/c9-8(12)7-5-3-1-2-4-6(5)10-11-7/h2-4H,1H2,(H2,9,12). The van der Waals surface area contributed by atoms with Gasteiger partial charge in [0.2, 0.25) is 0 Å². The van der Waals surface area contributed by atoms with Crippen molar-refractivity contribution in [2.75, 3.05) is 0 Å². The van der Waals surface area contributed by atoms with Crippen LogP contribution in [0.15, 0.2) is 34.0 Å². The highest BCUT2D eigenvalue weighted by molar-refractivity contribution is 6.53. The van der Waals surface area contributed by atoms with Crippen LogP contribution in [0.25, 0.3) is 0 Å². The van der Waals surface area contributed by atoms with Crippen molar-refractivity contribution in [1.29, 1.82) is 0 Å². The van der Waals surface area contributed by atoms with Gasteiger partial charge in [-0.3, -0.25) is 4.79 Å². The summed E-state index contributed by atoms with van der Waals surface area (Å²) in [6.45, 7) is 0. The molecule has 4 heteroatoms. The van der Waals surface area contributed by atoms with Gasteiger partial charge in [-0.1, -0.05) is 12.2 Å². The first-order valence-electron chi connectivity index (χ1n) is 3.62. The molecule has 4 nitrogen and oxygen atoms in total. The number of hydrogen-bond acceptors (Lipinski definition) is 3. The van der Waals surface area contributed by atoms with E-state index in [-0.39, 0.29) is 5.71 Å². The molecule has 2 N–H and O–H groups in total. The number of rotatable bonds is 1. The highest BCUT2D eigenvalue weighted by Gasteiger charge is 2.23. The van der Waals surface area contributed by atoms with Crippen molar-refractivity contribution in [3.05, 3.63) is 23.8 Å². The van der Waals surface area contributed by atoms with E-state index in [4.69, 9.17) is 5.73 Å². The predicted molar refractivity (Wildman–Crippen MR) is 45.9 cm³/mol. The molecule has 0 bridgehead atoms. The molecule has 0 spiro atoms. The van der Waals surface area contributed by atoms with Gasteiger partial charge in [0.15, 0.2) is 5.71 Å². The van der Waals surface area contributed by atoms with Crippen LogP contribution in [0.4, 0.5) is 0 Å². The minimum Gasteiger partial charge on any atom is -0.364 e. The summed E-state index contributed by atoms with van der Waals surface area (Å²) in [7, 11) is 0. The van der Waals surface area contributed by atoms with E-state index in [1.54, 1.807) is 0 Å². The Kier molecular flexibility index (Phi) is 1.40. The molecule has 0 atom stereocenters. The van der Waals surface area contributed by atoms with E-state index < -0.39 is 5.91 Å². The highest BCUT2D eigenvalue weighted by atomic mass is 16.1. The summed E-state index contributed by atoms with van der Waals surface area (Å²) < 4.78 is 0.